The zero-order valence-corrected chi connectivity index (χ0v) is 20.2. The Balaban J connectivity index is 1.71. The Bertz CT molecular complexity index is 965. The molecule has 9 nitrogen and oxygen atoms in total. The van der Waals surface area contributed by atoms with Crippen molar-refractivity contribution in [1.29, 1.82) is 0 Å². The van der Waals surface area contributed by atoms with Crippen LogP contribution in [0.4, 0.5) is 5.69 Å². The molecule has 1 aliphatic carbocycles. The number of ether oxygens (including phenoxy) is 1. The molecular formula is C21H33N3O6S2. The van der Waals surface area contributed by atoms with Crippen LogP contribution in [-0.4, -0.2) is 72.2 Å². The fourth-order valence-electron chi connectivity index (χ4n) is 4.12. The van der Waals surface area contributed by atoms with E-state index in [1.165, 1.54) is 35.0 Å². The third-order valence-corrected chi connectivity index (χ3v) is 8.94. The van der Waals surface area contributed by atoms with Crippen LogP contribution in [0.15, 0.2) is 29.2 Å². The van der Waals surface area contributed by atoms with Gasteiger partial charge < -0.3 is 10.1 Å². The van der Waals surface area contributed by atoms with Crippen LogP contribution in [-0.2, 0) is 29.6 Å². The average Bonchev–Trinajstić information content (AvgIpc) is 2.74. The zero-order valence-electron chi connectivity index (χ0n) is 18.5. The molecule has 1 N–H and O–H groups in total. The first-order valence-corrected chi connectivity index (χ1v) is 14.4. The van der Waals surface area contributed by atoms with E-state index in [0.29, 0.717) is 13.2 Å². The summed E-state index contributed by atoms with van der Waals surface area (Å²) in [5.41, 5.74) is 0.251. The van der Waals surface area contributed by atoms with Crippen molar-refractivity contribution in [3.8, 4) is 0 Å². The Morgan fingerprint density at radius 2 is 1.56 bits per heavy atom. The van der Waals surface area contributed by atoms with Gasteiger partial charge in [-0.3, -0.25) is 9.10 Å². The van der Waals surface area contributed by atoms with Crippen molar-refractivity contribution in [3.63, 3.8) is 0 Å². The predicted molar refractivity (Wildman–Crippen MR) is 122 cm³/mol. The van der Waals surface area contributed by atoms with Crippen molar-refractivity contribution < 1.29 is 26.4 Å². The summed E-state index contributed by atoms with van der Waals surface area (Å²) in [6.07, 6.45) is 8.48. The fraction of sp³-hybridized carbons (Fsp3) is 0.667. The number of morpholine rings is 1. The van der Waals surface area contributed by atoms with E-state index in [2.05, 4.69) is 5.32 Å². The number of rotatable bonds is 7. The molecule has 1 amide bonds. The second-order valence-electron chi connectivity index (χ2n) is 8.39. The number of hydrogen-bond acceptors (Lipinski definition) is 6. The molecular weight excluding hydrogens is 454 g/mol. The van der Waals surface area contributed by atoms with Gasteiger partial charge in [-0.2, -0.15) is 4.31 Å². The highest BCUT2D eigenvalue weighted by molar-refractivity contribution is 7.92. The van der Waals surface area contributed by atoms with Crippen LogP contribution in [0.2, 0.25) is 0 Å². The van der Waals surface area contributed by atoms with Crippen molar-refractivity contribution in [1.82, 2.24) is 9.62 Å². The summed E-state index contributed by atoms with van der Waals surface area (Å²) in [5.74, 6) is -0.356. The van der Waals surface area contributed by atoms with Crippen molar-refractivity contribution in [2.24, 2.45) is 0 Å². The highest BCUT2D eigenvalue weighted by Crippen LogP contribution is 2.23. The molecule has 0 aromatic heterocycles. The van der Waals surface area contributed by atoms with Crippen molar-refractivity contribution in [2.45, 2.75) is 55.9 Å². The number of nitrogens with one attached hydrogen (secondary N) is 1. The average molecular weight is 488 g/mol. The highest BCUT2D eigenvalue weighted by atomic mass is 32.2. The summed E-state index contributed by atoms with van der Waals surface area (Å²) < 4.78 is 57.9. The Kier molecular flexibility index (Phi) is 8.54. The lowest BCUT2D eigenvalue weighted by Gasteiger charge is -2.27. The number of nitrogens with zero attached hydrogens (tertiary/aromatic N) is 2. The van der Waals surface area contributed by atoms with Gasteiger partial charge >= 0.3 is 0 Å². The van der Waals surface area contributed by atoms with Gasteiger partial charge in [-0.25, -0.2) is 16.8 Å². The minimum atomic E-state index is -3.74. The monoisotopic (exact) mass is 487 g/mol. The van der Waals surface area contributed by atoms with E-state index >= 15 is 0 Å². The molecule has 1 saturated heterocycles. The maximum Gasteiger partial charge on any atom is 0.243 e. The fourth-order valence-corrected chi connectivity index (χ4v) is 6.39. The first-order chi connectivity index (χ1) is 15.2. The minimum absolute atomic E-state index is 0.0604. The largest absolute Gasteiger partial charge is 0.379 e. The molecule has 3 rings (SSSR count). The van der Waals surface area contributed by atoms with Gasteiger partial charge in [0.2, 0.25) is 26.0 Å². The van der Waals surface area contributed by atoms with Gasteiger partial charge in [-0.1, -0.05) is 32.1 Å². The van der Waals surface area contributed by atoms with Crippen LogP contribution in [0.25, 0.3) is 0 Å². The summed E-state index contributed by atoms with van der Waals surface area (Å²) in [5, 5.41) is 2.98. The van der Waals surface area contributed by atoms with Crippen LogP contribution in [0, 0.1) is 0 Å². The number of sulfonamides is 2. The van der Waals surface area contributed by atoms with Crippen molar-refractivity contribution in [3.05, 3.63) is 24.3 Å². The third-order valence-electron chi connectivity index (χ3n) is 5.89. The van der Waals surface area contributed by atoms with E-state index in [9.17, 15) is 21.6 Å². The zero-order chi connectivity index (χ0) is 23.2. The van der Waals surface area contributed by atoms with E-state index in [4.69, 9.17) is 4.74 Å². The molecule has 2 aliphatic rings. The summed E-state index contributed by atoms with van der Waals surface area (Å²) in [4.78, 5) is 12.7. The van der Waals surface area contributed by atoms with E-state index < -0.39 is 20.0 Å². The second-order valence-corrected chi connectivity index (χ2v) is 12.2. The van der Waals surface area contributed by atoms with Crippen LogP contribution < -0.4 is 9.62 Å². The van der Waals surface area contributed by atoms with Gasteiger partial charge in [0.25, 0.3) is 0 Å². The normalized spacial score (nSPS) is 19.7. The minimum Gasteiger partial charge on any atom is -0.379 e. The lowest BCUT2D eigenvalue weighted by atomic mass is 9.97. The SMILES string of the molecule is CS(=O)(=O)N(CC(=O)NC1CCCCCCC1)c1ccc(S(=O)(=O)N2CCOCC2)cc1. The smallest absolute Gasteiger partial charge is 0.243 e. The topological polar surface area (TPSA) is 113 Å². The Morgan fingerprint density at radius 3 is 2.12 bits per heavy atom. The molecule has 180 valence electrons. The number of amides is 1. The Labute approximate surface area is 191 Å². The first kappa shape index (κ1) is 24.9. The molecule has 1 aromatic rings. The first-order valence-electron chi connectivity index (χ1n) is 11.1. The maximum absolute atomic E-state index is 12.8. The number of hydrogen-bond donors (Lipinski definition) is 1. The van der Waals surface area contributed by atoms with Gasteiger partial charge in [0.05, 0.1) is 30.1 Å². The predicted octanol–water partition coefficient (Wildman–Crippen LogP) is 1.70. The third kappa shape index (κ3) is 6.66. The Morgan fingerprint density at radius 1 is 1.00 bits per heavy atom. The second kappa shape index (κ2) is 11.0. The molecule has 0 unspecified atom stereocenters. The summed E-state index contributed by atoms with van der Waals surface area (Å²) in [7, 11) is -7.42. The Hall–Kier alpha value is -1.69. The van der Waals surface area contributed by atoms with Crippen LogP contribution in [0.3, 0.4) is 0 Å². The van der Waals surface area contributed by atoms with E-state index in [0.717, 1.165) is 49.1 Å². The molecule has 0 radical (unpaired) electrons. The van der Waals surface area contributed by atoms with Crippen LogP contribution >= 0.6 is 0 Å². The number of anilines is 1. The van der Waals surface area contributed by atoms with E-state index in [-0.39, 0.29) is 42.2 Å². The molecule has 0 spiro atoms. The van der Waals surface area contributed by atoms with Gasteiger partial charge in [-0.15, -0.1) is 0 Å². The molecule has 1 aromatic carbocycles. The van der Waals surface area contributed by atoms with Gasteiger partial charge in [0.15, 0.2) is 0 Å². The number of benzene rings is 1. The lowest BCUT2D eigenvalue weighted by molar-refractivity contribution is -0.120. The summed E-state index contributed by atoms with van der Waals surface area (Å²) in [6, 6.07) is 5.68. The molecule has 0 bridgehead atoms. The van der Waals surface area contributed by atoms with Crippen LogP contribution in [0.5, 0.6) is 0 Å². The highest BCUT2D eigenvalue weighted by Gasteiger charge is 2.27. The number of carbonyl (C=O) groups is 1. The molecule has 32 heavy (non-hydrogen) atoms. The maximum atomic E-state index is 12.8. The molecule has 11 heteroatoms. The summed E-state index contributed by atoms with van der Waals surface area (Å²) in [6.45, 7) is 0.900. The van der Waals surface area contributed by atoms with Gasteiger partial charge in [0.1, 0.15) is 6.54 Å². The standard InChI is InChI=1S/C21H33N3O6S2/c1-31(26,27)24(17-21(25)22-18-7-5-3-2-4-6-8-18)19-9-11-20(12-10-19)32(28,29)23-13-15-30-16-14-23/h9-12,18H,2-8,13-17H2,1H3,(H,22,25). The van der Waals surface area contributed by atoms with Gasteiger partial charge in [-0.05, 0) is 37.1 Å². The van der Waals surface area contributed by atoms with E-state index in [1.54, 1.807) is 0 Å². The molecule has 0 atom stereocenters. The molecule has 2 fully saturated rings. The van der Waals surface area contributed by atoms with Crippen LogP contribution in [0.1, 0.15) is 44.9 Å². The van der Waals surface area contributed by atoms with Gasteiger partial charge in [0, 0.05) is 19.1 Å². The van der Waals surface area contributed by atoms with Crippen molar-refractivity contribution in [2.75, 3.05) is 43.4 Å². The van der Waals surface area contributed by atoms with E-state index in [1.807, 2.05) is 0 Å². The quantitative estimate of drug-likeness (QED) is 0.626. The molecule has 1 heterocycles. The summed E-state index contributed by atoms with van der Waals surface area (Å²) >= 11 is 0. The van der Waals surface area contributed by atoms with Crippen molar-refractivity contribution >= 4 is 31.6 Å². The molecule has 1 saturated carbocycles. The number of carbonyl (C=O) groups excluding carboxylic acids is 1. The molecule has 1 aliphatic heterocycles. The lowest BCUT2D eigenvalue weighted by Crippen LogP contribution is -2.44.